The molecule has 0 aliphatic heterocycles. The Balaban J connectivity index is 1.66. The molecule has 0 saturated carbocycles. The van der Waals surface area contributed by atoms with E-state index >= 15 is 0 Å². The van der Waals surface area contributed by atoms with Crippen molar-refractivity contribution in [1.29, 1.82) is 0 Å². The lowest BCUT2D eigenvalue weighted by atomic mass is 10.1. The van der Waals surface area contributed by atoms with Crippen molar-refractivity contribution in [2.45, 2.75) is 19.4 Å². The second kappa shape index (κ2) is 5.79. The molecular weight excluding hydrogens is 264 g/mol. The van der Waals surface area contributed by atoms with Gasteiger partial charge < -0.3 is 9.73 Å². The fourth-order valence-electron chi connectivity index (χ4n) is 2.31. The zero-order valence-corrected chi connectivity index (χ0v) is 11.7. The molecule has 3 rings (SSSR count). The number of hydrogen-bond donors (Lipinski definition) is 1. The van der Waals surface area contributed by atoms with Gasteiger partial charge in [0.15, 0.2) is 12.0 Å². The number of oxazole rings is 1. The second-order valence-electron chi connectivity index (χ2n) is 5.03. The van der Waals surface area contributed by atoms with Crippen LogP contribution in [0.4, 0.5) is 0 Å². The summed E-state index contributed by atoms with van der Waals surface area (Å²) in [4.78, 5) is 16.2. The summed E-state index contributed by atoms with van der Waals surface area (Å²) >= 11 is 0. The van der Waals surface area contributed by atoms with E-state index < -0.39 is 0 Å². The van der Waals surface area contributed by atoms with E-state index in [2.05, 4.69) is 10.3 Å². The highest BCUT2D eigenvalue weighted by molar-refractivity contribution is 5.81. The largest absolute Gasteiger partial charge is 0.443 e. The van der Waals surface area contributed by atoms with Gasteiger partial charge in [-0.1, -0.05) is 36.4 Å². The molecule has 0 spiro atoms. The van der Waals surface area contributed by atoms with Crippen LogP contribution in [0.1, 0.15) is 24.1 Å². The zero-order valence-electron chi connectivity index (χ0n) is 11.7. The fourth-order valence-corrected chi connectivity index (χ4v) is 2.31. The zero-order chi connectivity index (χ0) is 14.7. The van der Waals surface area contributed by atoms with Gasteiger partial charge in [-0.05, 0) is 30.2 Å². The maximum Gasteiger partial charge on any atom is 0.224 e. The Morgan fingerprint density at radius 3 is 2.86 bits per heavy atom. The molecule has 4 heteroatoms. The monoisotopic (exact) mass is 280 g/mol. The van der Waals surface area contributed by atoms with Gasteiger partial charge in [-0.2, -0.15) is 0 Å². The first-order chi connectivity index (χ1) is 10.2. The first-order valence-electron chi connectivity index (χ1n) is 6.89. The molecule has 2 aromatic carbocycles. The fraction of sp³-hybridized carbons (Fsp3) is 0.176. The minimum atomic E-state index is -0.00906. The van der Waals surface area contributed by atoms with Crippen molar-refractivity contribution in [1.82, 2.24) is 10.3 Å². The first kappa shape index (κ1) is 13.4. The summed E-state index contributed by atoms with van der Waals surface area (Å²) in [5, 5.41) is 3.00. The molecule has 1 unspecified atom stereocenters. The van der Waals surface area contributed by atoms with Crippen LogP contribution in [0.15, 0.2) is 59.3 Å². The Kier molecular flexibility index (Phi) is 3.69. The van der Waals surface area contributed by atoms with Gasteiger partial charge in [0, 0.05) is 0 Å². The number of carbonyl (C=O) groups excluding carboxylic acids is 1. The number of aromatic nitrogens is 1. The number of benzene rings is 2. The second-order valence-corrected chi connectivity index (χ2v) is 5.03. The van der Waals surface area contributed by atoms with Crippen LogP contribution in [0.5, 0.6) is 0 Å². The molecule has 0 saturated heterocycles. The number of hydrogen-bond acceptors (Lipinski definition) is 3. The van der Waals surface area contributed by atoms with E-state index in [1.165, 1.54) is 6.39 Å². The Labute approximate surface area is 122 Å². The topological polar surface area (TPSA) is 55.1 Å². The molecule has 0 aliphatic carbocycles. The minimum Gasteiger partial charge on any atom is -0.443 e. The third-order valence-corrected chi connectivity index (χ3v) is 3.44. The van der Waals surface area contributed by atoms with Gasteiger partial charge in [0.2, 0.25) is 5.91 Å². The summed E-state index contributed by atoms with van der Waals surface area (Å²) < 4.78 is 5.25. The number of rotatable bonds is 4. The van der Waals surface area contributed by atoms with Gasteiger partial charge in [-0.3, -0.25) is 4.79 Å². The summed E-state index contributed by atoms with van der Waals surface area (Å²) in [6, 6.07) is 15.5. The summed E-state index contributed by atoms with van der Waals surface area (Å²) in [5.74, 6) is -0.00906. The molecule has 0 bridgehead atoms. The van der Waals surface area contributed by atoms with Crippen LogP contribution >= 0.6 is 0 Å². The molecule has 1 N–H and O–H groups in total. The summed E-state index contributed by atoms with van der Waals surface area (Å²) in [7, 11) is 0. The van der Waals surface area contributed by atoms with E-state index in [0.717, 1.165) is 16.6 Å². The average Bonchev–Trinajstić information content (AvgIpc) is 2.95. The highest BCUT2D eigenvalue weighted by Crippen LogP contribution is 2.15. The van der Waals surface area contributed by atoms with Crippen molar-refractivity contribution >= 4 is 17.0 Å². The summed E-state index contributed by atoms with van der Waals surface area (Å²) in [5.41, 5.74) is 3.52. The number of fused-ring (bicyclic) bond motifs is 1. The van der Waals surface area contributed by atoms with E-state index in [-0.39, 0.29) is 11.9 Å². The van der Waals surface area contributed by atoms with Gasteiger partial charge in [0.1, 0.15) is 5.52 Å². The van der Waals surface area contributed by atoms with Crippen LogP contribution < -0.4 is 5.32 Å². The first-order valence-corrected chi connectivity index (χ1v) is 6.89. The van der Waals surface area contributed by atoms with Crippen LogP contribution in [0, 0.1) is 0 Å². The molecule has 3 aromatic rings. The molecule has 1 amide bonds. The molecule has 1 heterocycles. The quantitative estimate of drug-likeness (QED) is 0.798. The molecule has 1 aromatic heterocycles. The van der Waals surface area contributed by atoms with Crippen LogP contribution in [-0.4, -0.2) is 10.9 Å². The molecule has 0 radical (unpaired) electrons. The smallest absolute Gasteiger partial charge is 0.224 e. The van der Waals surface area contributed by atoms with Crippen LogP contribution in [-0.2, 0) is 11.2 Å². The van der Waals surface area contributed by atoms with Gasteiger partial charge in [-0.15, -0.1) is 0 Å². The van der Waals surface area contributed by atoms with Crippen molar-refractivity contribution in [3.8, 4) is 0 Å². The molecule has 0 fully saturated rings. The predicted molar refractivity (Wildman–Crippen MR) is 80.7 cm³/mol. The van der Waals surface area contributed by atoms with E-state index in [1.807, 2.05) is 55.5 Å². The maximum absolute atomic E-state index is 12.1. The van der Waals surface area contributed by atoms with Crippen molar-refractivity contribution < 1.29 is 9.21 Å². The normalized spacial score (nSPS) is 12.2. The third kappa shape index (κ3) is 3.11. The third-order valence-electron chi connectivity index (χ3n) is 3.44. The standard InChI is InChI=1S/C17H16N2O2/c1-12(14-5-3-2-4-6-14)19-17(20)10-13-7-8-15-16(9-13)21-11-18-15/h2-9,11-12H,10H2,1H3,(H,19,20). The molecule has 0 aliphatic rings. The minimum absolute atomic E-state index is 0.00675. The SMILES string of the molecule is CC(NC(=O)Cc1ccc2ncoc2c1)c1ccccc1. The van der Waals surface area contributed by atoms with Gasteiger partial charge in [0.25, 0.3) is 0 Å². The van der Waals surface area contributed by atoms with Crippen LogP contribution in [0.2, 0.25) is 0 Å². The molecule has 1 atom stereocenters. The van der Waals surface area contributed by atoms with E-state index in [1.54, 1.807) is 0 Å². The Hall–Kier alpha value is -2.62. The van der Waals surface area contributed by atoms with Crippen molar-refractivity contribution in [2.75, 3.05) is 0 Å². The number of nitrogens with one attached hydrogen (secondary N) is 1. The molecule has 106 valence electrons. The lowest BCUT2D eigenvalue weighted by Gasteiger charge is -2.14. The van der Waals surface area contributed by atoms with Crippen molar-refractivity contribution in [3.05, 3.63) is 66.1 Å². The van der Waals surface area contributed by atoms with Crippen molar-refractivity contribution in [2.24, 2.45) is 0 Å². The van der Waals surface area contributed by atoms with E-state index in [4.69, 9.17) is 4.42 Å². The van der Waals surface area contributed by atoms with Gasteiger partial charge in [-0.25, -0.2) is 4.98 Å². The average molecular weight is 280 g/mol. The lowest BCUT2D eigenvalue weighted by molar-refractivity contribution is -0.121. The van der Waals surface area contributed by atoms with Gasteiger partial charge in [0.05, 0.1) is 12.5 Å². The molecule has 21 heavy (non-hydrogen) atoms. The van der Waals surface area contributed by atoms with E-state index in [0.29, 0.717) is 12.0 Å². The van der Waals surface area contributed by atoms with Crippen LogP contribution in [0.25, 0.3) is 11.1 Å². The number of carbonyl (C=O) groups is 1. The van der Waals surface area contributed by atoms with Crippen molar-refractivity contribution in [3.63, 3.8) is 0 Å². The predicted octanol–water partition coefficient (Wildman–Crippen LogP) is 3.25. The molecular formula is C17H16N2O2. The highest BCUT2D eigenvalue weighted by atomic mass is 16.3. The Morgan fingerprint density at radius 1 is 1.24 bits per heavy atom. The van der Waals surface area contributed by atoms with Gasteiger partial charge >= 0.3 is 0 Å². The number of nitrogens with zero attached hydrogens (tertiary/aromatic N) is 1. The van der Waals surface area contributed by atoms with Crippen LogP contribution in [0.3, 0.4) is 0 Å². The maximum atomic E-state index is 12.1. The summed E-state index contributed by atoms with van der Waals surface area (Å²) in [6.07, 6.45) is 1.74. The Morgan fingerprint density at radius 2 is 2.05 bits per heavy atom. The summed E-state index contributed by atoms with van der Waals surface area (Å²) in [6.45, 7) is 1.98. The number of amides is 1. The Bertz CT molecular complexity index is 750. The lowest BCUT2D eigenvalue weighted by Crippen LogP contribution is -2.28. The molecule has 4 nitrogen and oxygen atoms in total. The highest BCUT2D eigenvalue weighted by Gasteiger charge is 2.10. The van der Waals surface area contributed by atoms with E-state index in [9.17, 15) is 4.79 Å².